The zero-order chi connectivity index (χ0) is 11.9. The van der Waals surface area contributed by atoms with Crippen LogP contribution in [0.3, 0.4) is 0 Å². The van der Waals surface area contributed by atoms with Crippen LogP contribution in [0.15, 0.2) is 29.2 Å². The molecule has 1 rings (SSSR count). The van der Waals surface area contributed by atoms with Gasteiger partial charge in [-0.3, -0.25) is 0 Å². The third-order valence-corrected chi connectivity index (χ3v) is 3.66. The molecule has 15 heavy (non-hydrogen) atoms. The number of aromatic hydroxyl groups is 1. The second-order valence-electron chi connectivity index (χ2n) is 2.96. The van der Waals surface area contributed by atoms with Crippen LogP contribution in [-0.4, -0.2) is 24.2 Å². The van der Waals surface area contributed by atoms with Gasteiger partial charge in [-0.1, -0.05) is 29.5 Å². The Morgan fingerprint density at radius 2 is 1.67 bits per heavy atom. The number of phenols is 1. The molecular formula is C10H15IO3S. The first kappa shape index (κ1) is 14.7. The first-order valence-corrected chi connectivity index (χ1v) is 7.88. The number of hydrogen-bond acceptors (Lipinski definition) is 3. The molecular weight excluding hydrogens is 327 g/mol. The number of sulfone groups is 1. The summed E-state index contributed by atoms with van der Waals surface area (Å²) in [6.07, 6.45) is 2.43. The molecule has 3 nitrogen and oxygen atoms in total. The van der Waals surface area contributed by atoms with Crippen LogP contribution in [-0.2, 0) is 9.84 Å². The van der Waals surface area contributed by atoms with Crippen molar-refractivity contribution in [3.63, 3.8) is 0 Å². The van der Waals surface area contributed by atoms with E-state index in [0.717, 1.165) is 6.26 Å². The first-order chi connectivity index (χ1) is 6.91. The summed E-state index contributed by atoms with van der Waals surface area (Å²) in [4.78, 5) is 0.218. The molecule has 0 unspecified atom stereocenters. The van der Waals surface area contributed by atoms with Gasteiger partial charge in [0.25, 0.3) is 0 Å². The minimum Gasteiger partial charge on any atom is -0.508 e. The van der Waals surface area contributed by atoms with Gasteiger partial charge in [0, 0.05) is 6.26 Å². The van der Waals surface area contributed by atoms with Gasteiger partial charge in [-0.05, 0) is 35.1 Å². The first-order valence-electron chi connectivity index (χ1n) is 4.47. The summed E-state index contributed by atoms with van der Waals surface area (Å²) >= 11 is 2.35. The van der Waals surface area contributed by atoms with Crippen LogP contribution in [0.5, 0.6) is 5.75 Å². The minimum absolute atomic E-state index is 0.0670. The highest BCUT2D eigenvalue weighted by atomic mass is 127. The molecule has 1 aromatic carbocycles. The molecule has 0 amide bonds. The predicted molar refractivity (Wildman–Crippen MR) is 70.4 cm³/mol. The molecule has 0 aromatic heterocycles. The molecule has 0 bridgehead atoms. The van der Waals surface area contributed by atoms with E-state index in [9.17, 15) is 8.42 Å². The van der Waals surface area contributed by atoms with E-state index >= 15 is 0 Å². The van der Waals surface area contributed by atoms with Crippen molar-refractivity contribution in [3.05, 3.63) is 24.3 Å². The van der Waals surface area contributed by atoms with E-state index in [-0.39, 0.29) is 10.6 Å². The topological polar surface area (TPSA) is 54.4 Å². The van der Waals surface area contributed by atoms with E-state index in [2.05, 4.69) is 29.5 Å². The fourth-order valence-electron chi connectivity index (χ4n) is 0.693. The zero-order valence-corrected chi connectivity index (χ0v) is 11.7. The Balaban J connectivity index is 0.000000423. The maximum absolute atomic E-state index is 10.9. The molecule has 0 radical (unpaired) electrons. The Morgan fingerprint density at radius 1 is 1.27 bits per heavy atom. The number of halogens is 1. The highest BCUT2D eigenvalue weighted by molar-refractivity contribution is 14.1. The highest BCUT2D eigenvalue weighted by Gasteiger charge is 2.04. The maximum Gasteiger partial charge on any atom is 0.175 e. The molecule has 0 aliphatic heterocycles. The van der Waals surface area contributed by atoms with Crippen molar-refractivity contribution in [1.29, 1.82) is 0 Å². The summed E-state index contributed by atoms with van der Waals surface area (Å²) < 4.78 is 23.0. The van der Waals surface area contributed by atoms with Crippen molar-refractivity contribution < 1.29 is 13.5 Å². The Bertz CT molecular complexity index is 368. The van der Waals surface area contributed by atoms with Gasteiger partial charge >= 0.3 is 0 Å². The number of benzene rings is 1. The molecule has 0 atom stereocenters. The number of alkyl halides is 1. The molecule has 5 heteroatoms. The van der Waals surface area contributed by atoms with Crippen LogP contribution < -0.4 is 0 Å². The normalized spacial score (nSPS) is 10.3. The predicted octanol–water partition coefficient (Wildman–Crippen LogP) is 2.63. The number of phenolic OH excluding ortho intramolecular Hbond substituents is 1. The number of hydrogen-bond donors (Lipinski definition) is 1. The van der Waals surface area contributed by atoms with Crippen molar-refractivity contribution in [2.75, 3.05) is 10.7 Å². The summed E-state index contributed by atoms with van der Waals surface area (Å²) in [6.45, 7) is 2.17. The number of rotatable bonds is 2. The lowest BCUT2D eigenvalue weighted by molar-refractivity contribution is 0.475. The summed E-state index contributed by atoms with van der Waals surface area (Å²) in [6, 6.07) is 5.42. The Labute approximate surface area is 105 Å². The van der Waals surface area contributed by atoms with Crippen molar-refractivity contribution in [2.45, 2.75) is 18.2 Å². The third-order valence-electron chi connectivity index (χ3n) is 1.45. The van der Waals surface area contributed by atoms with Crippen molar-refractivity contribution >= 4 is 32.4 Å². The van der Waals surface area contributed by atoms with Crippen LogP contribution in [0.2, 0.25) is 0 Å². The van der Waals surface area contributed by atoms with E-state index < -0.39 is 9.84 Å². The lowest BCUT2D eigenvalue weighted by Gasteiger charge is -1.96. The van der Waals surface area contributed by atoms with Gasteiger partial charge in [-0.15, -0.1) is 0 Å². The average molecular weight is 342 g/mol. The van der Waals surface area contributed by atoms with Crippen LogP contribution in [0.25, 0.3) is 0 Å². The monoisotopic (exact) mass is 342 g/mol. The van der Waals surface area contributed by atoms with Crippen molar-refractivity contribution in [2.24, 2.45) is 0 Å². The van der Waals surface area contributed by atoms with E-state index in [0.29, 0.717) is 0 Å². The molecule has 1 N–H and O–H groups in total. The minimum atomic E-state index is -3.13. The molecule has 0 saturated heterocycles. The molecule has 0 spiro atoms. The van der Waals surface area contributed by atoms with E-state index in [4.69, 9.17) is 5.11 Å². The standard InChI is InChI=1S/C7H8O3S.C3H7I/c1-11(9,10)7-4-2-6(8)3-5-7;1-2-3-4/h2-5,8H,1H3;2-3H2,1H3. The van der Waals surface area contributed by atoms with Crippen molar-refractivity contribution in [1.82, 2.24) is 0 Å². The van der Waals surface area contributed by atoms with Gasteiger partial charge in [0.1, 0.15) is 5.75 Å². The summed E-state index contributed by atoms with van der Waals surface area (Å²) in [5.41, 5.74) is 0. The van der Waals surface area contributed by atoms with Gasteiger partial charge in [0.2, 0.25) is 0 Å². The van der Waals surface area contributed by atoms with Crippen LogP contribution in [0.1, 0.15) is 13.3 Å². The largest absolute Gasteiger partial charge is 0.508 e. The fraction of sp³-hybridized carbons (Fsp3) is 0.400. The lowest BCUT2D eigenvalue weighted by atomic mass is 10.3. The Kier molecular flexibility index (Phi) is 6.91. The quantitative estimate of drug-likeness (QED) is 0.664. The smallest absolute Gasteiger partial charge is 0.175 e. The van der Waals surface area contributed by atoms with Gasteiger partial charge in [-0.2, -0.15) is 0 Å². The molecule has 0 aliphatic rings. The second kappa shape index (κ2) is 7.05. The SMILES string of the molecule is CCCI.CS(=O)(=O)c1ccc(O)cc1. The summed E-state index contributed by atoms with van der Waals surface area (Å²) in [5.74, 6) is 0.0670. The van der Waals surface area contributed by atoms with Crippen LogP contribution >= 0.6 is 22.6 Å². The molecule has 0 heterocycles. The van der Waals surface area contributed by atoms with E-state index in [1.165, 1.54) is 35.1 Å². The molecule has 0 fully saturated rings. The Hall–Kier alpha value is -0.300. The fourth-order valence-corrected chi connectivity index (χ4v) is 1.32. The highest BCUT2D eigenvalue weighted by Crippen LogP contribution is 2.13. The maximum atomic E-state index is 10.9. The van der Waals surface area contributed by atoms with E-state index in [1.54, 1.807) is 0 Å². The molecule has 0 saturated carbocycles. The van der Waals surface area contributed by atoms with Crippen molar-refractivity contribution in [3.8, 4) is 5.75 Å². The van der Waals surface area contributed by atoms with E-state index in [1.807, 2.05) is 0 Å². The average Bonchev–Trinajstić information content (AvgIpc) is 2.17. The lowest BCUT2D eigenvalue weighted by Crippen LogP contribution is -1.95. The Morgan fingerprint density at radius 3 is 1.93 bits per heavy atom. The second-order valence-corrected chi connectivity index (χ2v) is 6.05. The molecule has 0 aliphatic carbocycles. The summed E-state index contributed by atoms with van der Waals surface area (Å²) in [5, 5.41) is 8.83. The third kappa shape index (κ3) is 6.72. The molecule has 1 aromatic rings. The van der Waals surface area contributed by atoms with Gasteiger partial charge in [0.05, 0.1) is 4.90 Å². The molecule has 86 valence electrons. The summed E-state index contributed by atoms with van der Waals surface area (Å²) in [7, 11) is -3.13. The zero-order valence-electron chi connectivity index (χ0n) is 8.77. The van der Waals surface area contributed by atoms with Crippen LogP contribution in [0, 0.1) is 0 Å². The van der Waals surface area contributed by atoms with Gasteiger partial charge in [-0.25, -0.2) is 8.42 Å². The van der Waals surface area contributed by atoms with Crippen LogP contribution in [0.4, 0.5) is 0 Å². The van der Waals surface area contributed by atoms with Gasteiger partial charge in [0.15, 0.2) is 9.84 Å². The van der Waals surface area contributed by atoms with Gasteiger partial charge < -0.3 is 5.11 Å².